The van der Waals surface area contributed by atoms with Gasteiger partial charge in [0.25, 0.3) is 5.91 Å². The van der Waals surface area contributed by atoms with E-state index in [2.05, 4.69) is 0 Å². The summed E-state index contributed by atoms with van der Waals surface area (Å²) in [5.41, 5.74) is 4.77. The number of carbonyl (C=O) groups excluding carboxylic acids is 1. The second kappa shape index (κ2) is 6.36. The molecule has 3 rings (SSSR count). The van der Waals surface area contributed by atoms with Gasteiger partial charge in [0.2, 0.25) is 0 Å². The van der Waals surface area contributed by atoms with Gasteiger partial charge in [-0.15, -0.1) is 0 Å². The summed E-state index contributed by atoms with van der Waals surface area (Å²) in [6.45, 7) is 1.27. The van der Waals surface area contributed by atoms with E-state index in [1.54, 1.807) is 0 Å². The highest BCUT2D eigenvalue weighted by molar-refractivity contribution is 7.90. The van der Waals surface area contributed by atoms with E-state index in [4.69, 9.17) is 15.9 Å². The minimum Gasteiger partial charge on any atom is -0.480 e. The lowest BCUT2D eigenvalue weighted by Crippen LogP contribution is -2.37. The predicted molar refractivity (Wildman–Crippen MR) is 94.1 cm³/mol. The van der Waals surface area contributed by atoms with Crippen LogP contribution in [0, 0.1) is 16.7 Å². The molecule has 2 aliphatic rings. The Kier molecular flexibility index (Phi) is 4.64. The van der Waals surface area contributed by atoms with Crippen LogP contribution in [0.25, 0.3) is 0 Å². The van der Waals surface area contributed by atoms with Crippen LogP contribution in [-0.2, 0) is 9.84 Å². The van der Waals surface area contributed by atoms with Crippen LogP contribution >= 0.6 is 0 Å². The minimum atomic E-state index is -4.65. The van der Waals surface area contributed by atoms with E-state index in [-0.39, 0.29) is 34.5 Å². The fourth-order valence-corrected chi connectivity index (χ4v) is 4.14. The highest BCUT2D eigenvalue weighted by Gasteiger charge is 2.63. The normalized spacial score (nSPS) is 25.2. The van der Waals surface area contributed by atoms with Crippen molar-refractivity contribution in [3.63, 3.8) is 0 Å². The molecule has 1 saturated carbocycles. The summed E-state index contributed by atoms with van der Waals surface area (Å²) in [6.07, 6.45) is -5.21. The molecule has 0 bridgehead atoms. The number of sulfone groups is 1. The zero-order valence-corrected chi connectivity index (χ0v) is 16.0. The van der Waals surface area contributed by atoms with Crippen molar-refractivity contribution in [2.75, 3.05) is 19.3 Å². The fourth-order valence-electron chi connectivity index (χ4n) is 3.49. The molecule has 0 radical (unpaired) electrons. The van der Waals surface area contributed by atoms with Gasteiger partial charge < -0.3 is 15.4 Å². The molecule has 1 aliphatic heterocycles. The molecule has 28 heavy (non-hydrogen) atoms. The molecule has 2 fully saturated rings. The van der Waals surface area contributed by atoms with Crippen molar-refractivity contribution in [1.29, 1.82) is 5.41 Å². The van der Waals surface area contributed by atoms with Crippen LogP contribution in [-0.4, -0.2) is 56.7 Å². The Labute approximate surface area is 160 Å². The number of ether oxygens (including phenoxy) is 1. The van der Waals surface area contributed by atoms with Crippen LogP contribution in [0.15, 0.2) is 23.1 Å². The summed E-state index contributed by atoms with van der Waals surface area (Å²) >= 11 is 0. The first kappa shape index (κ1) is 20.4. The van der Waals surface area contributed by atoms with Crippen LogP contribution in [0.2, 0.25) is 0 Å². The first-order chi connectivity index (χ1) is 12.8. The Morgan fingerprint density at radius 3 is 2.57 bits per heavy atom. The van der Waals surface area contributed by atoms with Crippen LogP contribution in [0.5, 0.6) is 5.75 Å². The number of nitrogens with zero attached hydrogens (tertiary/aromatic N) is 1. The summed E-state index contributed by atoms with van der Waals surface area (Å²) in [6, 6.07) is 3.19. The van der Waals surface area contributed by atoms with E-state index in [1.165, 1.54) is 4.90 Å². The van der Waals surface area contributed by atoms with E-state index in [1.807, 2.05) is 0 Å². The molecule has 7 nitrogen and oxygen atoms in total. The summed E-state index contributed by atoms with van der Waals surface area (Å²) < 4.78 is 67.2. The average Bonchev–Trinajstić information content (AvgIpc) is 3.14. The number of fused-ring (bicyclic) bond motifs is 1. The third-order valence-corrected chi connectivity index (χ3v) is 6.45. The van der Waals surface area contributed by atoms with Gasteiger partial charge in [-0.05, 0) is 37.5 Å². The number of alkyl halides is 3. The largest absolute Gasteiger partial charge is 0.480 e. The number of halogens is 3. The molecule has 1 saturated heterocycles. The number of rotatable bonds is 5. The number of nitrogens with one attached hydrogen (secondary N) is 1. The van der Waals surface area contributed by atoms with E-state index >= 15 is 0 Å². The van der Waals surface area contributed by atoms with Gasteiger partial charge in [-0.25, -0.2) is 8.42 Å². The van der Waals surface area contributed by atoms with Gasteiger partial charge in [-0.3, -0.25) is 10.2 Å². The van der Waals surface area contributed by atoms with Crippen LogP contribution in [0.4, 0.5) is 13.2 Å². The molecule has 1 aromatic carbocycles. The molecule has 3 atom stereocenters. The van der Waals surface area contributed by atoms with Gasteiger partial charge >= 0.3 is 6.18 Å². The van der Waals surface area contributed by atoms with Gasteiger partial charge in [0, 0.05) is 24.8 Å². The molecule has 154 valence electrons. The number of hydrogen-bond acceptors (Lipinski definition) is 5. The highest BCUT2D eigenvalue weighted by Crippen LogP contribution is 2.57. The number of likely N-dealkylation sites (tertiary alicyclic amines) is 1. The van der Waals surface area contributed by atoms with Crippen LogP contribution in [0.1, 0.15) is 23.7 Å². The Morgan fingerprint density at radius 2 is 2.07 bits per heavy atom. The molecular weight excluding hydrogens is 399 g/mol. The minimum absolute atomic E-state index is 0.0279. The SMILES string of the molecule is CC(Oc1ccc(S(C)(=O)=O)cc1C(=O)N1CC2CC2(C(=N)N)C1)C(F)(F)F. The van der Waals surface area contributed by atoms with Gasteiger partial charge in [0.1, 0.15) is 5.75 Å². The lowest BCUT2D eigenvalue weighted by atomic mass is 10.1. The van der Waals surface area contributed by atoms with Gasteiger partial charge in [-0.1, -0.05) is 0 Å². The molecule has 0 spiro atoms. The van der Waals surface area contributed by atoms with Gasteiger partial charge in [-0.2, -0.15) is 13.2 Å². The molecule has 1 heterocycles. The maximum atomic E-state index is 13.0. The maximum Gasteiger partial charge on any atom is 0.425 e. The smallest absolute Gasteiger partial charge is 0.425 e. The van der Waals surface area contributed by atoms with E-state index in [0.29, 0.717) is 13.0 Å². The Morgan fingerprint density at radius 1 is 1.43 bits per heavy atom. The van der Waals surface area contributed by atoms with Crippen LogP contribution in [0.3, 0.4) is 0 Å². The molecule has 11 heteroatoms. The van der Waals surface area contributed by atoms with Crippen LogP contribution < -0.4 is 10.5 Å². The average molecular weight is 419 g/mol. The van der Waals surface area contributed by atoms with E-state index in [9.17, 15) is 26.4 Å². The van der Waals surface area contributed by atoms with Crippen molar-refractivity contribution in [1.82, 2.24) is 4.90 Å². The lowest BCUT2D eigenvalue weighted by molar-refractivity contribution is -0.189. The number of piperidine rings is 1. The highest BCUT2D eigenvalue weighted by atomic mass is 32.2. The van der Waals surface area contributed by atoms with Crippen molar-refractivity contribution < 1.29 is 31.1 Å². The van der Waals surface area contributed by atoms with Crippen molar-refractivity contribution >= 4 is 21.6 Å². The zero-order chi connectivity index (χ0) is 21.1. The van der Waals surface area contributed by atoms with E-state index in [0.717, 1.165) is 31.4 Å². The monoisotopic (exact) mass is 419 g/mol. The maximum absolute atomic E-state index is 13.0. The summed E-state index contributed by atoms with van der Waals surface area (Å²) in [7, 11) is -3.69. The number of hydrogen-bond donors (Lipinski definition) is 2. The van der Waals surface area contributed by atoms with E-state index < -0.39 is 33.4 Å². The zero-order valence-electron chi connectivity index (χ0n) is 15.2. The molecule has 3 N–H and O–H groups in total. The molecule has 1 aliphatic carbocycles. The molecular formula is C17H20F3N3O4S. The Balaban J connectivity index is 1.95. The fraction of sp³-hybridized carbons (Fsp3) is 0.529. The lowest BCUT2D eigenvalue weighted by Gasteiger charge is -2.24. The molecule has 1 aromatic rings. The number of nitrogens with two attached hydrogens (primary N) is 1. The Bertz CT molecular complexity index is 947. The topological polar surface area (TPSA) is 114 Å². The standard InChI is InChI=1S/C17H20F3N3O4S/c1-9(17(18,19)20)27-13-4-3-11(28(2,25)26)5-12(13)14(24)23-7-10-6-16(10,8-23)15(21)22/h3-5,9-10H,6-8H2,1-2H3,(H3,21,22). The predicted octanol–water partition coefficient (Wildman–Crippen LogP) is 1.82. The van der Waals surface area contributed by atoms with Crippen molar-refractivity contribution in [2.45, 2.75) is 30.5 Å². The third-order valence-electron chi connectivity index (χ3n) is 5.34. The van der Waals surface area contributed by atoms with Crippen molar-refractivity contribution in [3.05, 3.63) is 23.8 Å². The Hall–Kier alpha value is -2.30. The summed E-state index contributed by atoms with van der Waals surface area (Å²) in [5, 5.41) is 7.70. The number of benzene rings is 1. The first-order valence-electron chi connectivity index (χ1n) is 8.47. The van der Waals surface area contributed by atoms with Gasteiger partial charge in [0.05, 0.1) is 16.3 Å². The number of carbonyl (C=O) groups is 1. The molecule has 0 aromatic heterocycles. The number of amidine groups is 1. The summed E-state index contributed by atoms with van der Waals surface area (Å²) in [5.74, 6) is -0.993. The van der Waals surface area contributed by atoms with Gasteiger partial charge in [0.15, 0.2) is 15.9 Å². The second-order valence-corrected chi connectivity index (χ2v) is 9.40. The first-order valence-corrected chi connectivity index (χ1v) is 10.4. The summed E-state index contributed by atoms with van der Waals surface area (Å²) in [4.78, 5) is 14.1. The molecule has 1 amide bonds. The van der Waals surface area contributed by atoms with Crippen molar-refractivity contribution in [2.24, 2.45) is 17.1 Å². The number of amides is 1. The third kappa shape index (κ3) is 3.54. The van der Waals surface area contributed by atoms with Crippen molar-refractivity contribution in [3.8, 4) is 5.75 Å². The second-order valence-electron chi connectivity index (χ2n) is 7.39. The molecule has 3 unspecified atom stereocenters. The quantitative estimate of drug-likeness (QED) is 0.558.